The van der Waals surface area contributed by atoms with Crippen molar-refractivity contribution in [2.24, 2.45) is 0 Å². The monoisotopic (exact) mass is 507 g/mol. The van der Waals surface area contributed by atoms with Crippen molar-refractivity contribution in [2.75, 3.05) is 46.0 Å². The number of rotatable bonds is 11. The summed E-state index contributed by atoms with van der Waals surface area (Å²) >= 11 is 0. The van der Waals surface area contributed by atoms with Gasteiger partial charge in [0.25, 0.3) is 0 Å². The summed E-state index contributed by atoms with van der Waals surface area (Å²) in [6, 6.07) is 18.7. The van der Waals surface area contributed by atoms with E-state index in [1.807, 2.05) is 31.2 Å². The Hall–Kier alpha value is -1.78. The fraction of sp³-hybridized carbons (Fsp3) is 0.520. The standard InChI is InChI=1S/C25H37N3O4S2/c1-4-28(33(3,29)30)24-16-19-27(20-17-24)18-15-23(22-11-7-5-8-12-22)21-26(2)34(31,32)25-13-9-6-10-14-25/h5-14,23-24H,4,15-21H2,1-3H3. The van der Waals surface area contributed by atoms with Crippen LogP contribution in [0.15, 0.2) is 65.6 Å². The fourth-order valence-electron chi connectivity index (χ4n) is 4.80. The summed E-state index contributed by atoms with van der Waals surface area (Å²) in [6.07, 6.45) is 3.75. The van der Waals surface area contributed by atoms with E-state index in [1.54, 1.807) is 35.6 Å². The lowest BCUT2D eigenvalue weighted by Crippen LogP contribution is -2.47. The molecule has 1 heterocycles. The molecule has 0 saturated carbocycles. The molecule has 0 spiro atoms. The maximum absolute atomic E-state index is 13.1. The lowest BCUT2D eigenvalue weighted by atomic mass is 9.94. The molecule has 1 atom stereocenters. The van der Waals surface area contributed by atoms with Gasteiger partial charge >= 0.3 is 0 Å². The Morgan fingerprint density at radius 3 is 2.03 bits per heavy atom. The van der Waals surface area contributed by atoms with Crippen molar-refractivity contribution in [1.29, 1.82) is 0 Å². The van der Waals surface area contributed by atoms with Crippen molar-refractivity contribution >= 4 is 20.0 Å². The molecular weight excluding hydrogens is 470 g/mol. The number of hydrogen-bond acceptors (Lipinski definition) is 5. The molecule has 7 nitrogen and oxygen atoms in total. The number of nitrogens with zero attached hydrogens (tertiary/aromatic N) is 3. The number of hydrogen-bond donors (Lipinski definition) is 0. The van der Waals surface area contributed by atoms with Crippen LogP contribution in [0, 0.1) is 0 Å². The van der Waals surface area contributed by atoms with E-state index in [0.29, 0.717) is 18.0 Å². The summed E-state index contributed by atoms with van der Waals surface area (Å²) < 4.78 is 53.3. The zero-order valence-electron chi connectivity index (χ0n) is 20.4. The minimum absolute atomic E-state index is 0.0586. The van der Waals surface area contributed by atoms with Gasteiger partial charge in [-0.25, -0.2) is 21.1 Å². The first-order valence-corrected chi connectivity index (χ1v) is 15.2. The lowest BCUT2D eigenvalue weighted by Gasteiger charge is -2.37. The van der Waals surface area contributed by atoms with Crippen LogP contribution in [-0.4, -0.2) is 82.4 Å². The minimum atomic E-state index is -3.56. The largest absolute Gasteiger partial charge is 0.303 e. The van der Waals surface area contributed by atoms with Crippen LogP contribution >= 0.6 is 0 Å². The molecule has 1 aliphatic rings. The van der Waals surface area contributed by atoms with Gasteiger partial charge in [-0.2, -0.15) is 4.31 Å². The highest BCUT2D eigenvalue weighted by molar-refractivity contribution is 7.89. The third kappa shape index (κ3) is 6.88. The third-order valence-corrected chi connectivity index (χ3v) is 9.94. The van der Waals surface area contributed by atoms with Crippen LogP contribution in [0.5, 0.6) is 0 Å². The van der Waals surface area contributed by atoms with Gasteiger partial charge in [-0.05, 0) is 62.5 Å². The second-order valence-corrected chi connectivity index (χ2v) is 13.0. The smallest absolute Gasteiger partial charge is 0.242 e. The third-order valence-electron chi connectivity index (χ3n) is 6.70. The van der Waals surface area contributed by atoms with E-state index in [-0.39, 0.29) is 12.0 Å². The SMILES string of the molecule is CCN(C1CCN(CCC(CN(C)S(=O)(=O)c2ccccc2)c2ccccc2)CC1)S(C)(=O)=O. The zero-order valence-corrected chi connectivity index (χ0v) is 22.0. The van der Waals surface area contributed by atoms with E-state index >= 15 is 0 Å². The van der Waals surface area contributed by atoms with Gasteiger partial charge < -0.3 is 4.90 Å². The summed E-state index contributed by atoms with van der Waals surface area (Å²) in [5, 5.41) is 0. The number of piperidine rings is 1. The highest BCUT2D eigenvalue weighted by Crippen LogP contribution is 2.26. The quantitative estimate of drug-likeness (QED) is 0.467. The van der Waals surface area contributed by atoms with Gasteiger partial charge in [0.1, 0.15) is 0 Å². The summed E-state index contributed by atoms with van der Waals surface area (Å²) in [4.78, 5) is 2.67. The second kappa shape index (κ2) is 11.8. The van der Waals surface area contributed by atoms with Crippen LogP contribution in [0.2, 0.25) is 0 Å². The molecule has 2 aromatic rings. The van der Waals surface area contributed by atoms with Crippen molar-refractivity contribution in [3.8, 4) is 0 Å². The molecule has 3 rings (SSSR count). The summed E-state index contributed by atoms with van der Waals surface area (Å²) in [5.41, 5.74) is 1.13. The lowest BCUT2D eigenvalue weighted by molar-refractivity contribution is 0.157. The van der Waals surface area contributed by atoms with Crippen LogP contribution < -0.4 is 0 Å². The highest BCUT2D eigenvalue weighted by atomic mass is 32.2. The molecular formula is C25H37N3O4S2. The molecule has 34 heavy (non-hydrogen) atoms. The van der Waals surface area contributed by atoms with Gasteiger partial charge in [0, 0.05) is 26.2 Å². The molecule has 1 fully saturated rings. The molecule has 9 heteroatoms. The Morgan fingerprint density at radius 1 is 0.941 bits per heavy atom. The molecule has 0 radical (unpaired) electrons. The average Bonchev–Trinajstić information content (AvgIpc) is 2.83. The predicted octanol–water partition coefficient (Wildman–Crippen LogP) is 3.23. The zero-order chi connectivity index (χ0) is 24.8. The Kier molecular flexibility index (Phi) is 9.28. The van der Waals surface area contributed by atoms with Gasteiger partial charge in [-0.1, -0.05) is 55.5 Å². The summed E-state index contributed by atoms with van der Waals surface area (Å²) in [5.74, 6) is 0.0607. The van der Waals surface area contributed by atoms with E-state index in [4.69, 9.17) is 0 Å². The van der Waals surface area contributed by atoms with Gasteiger partial charge in [-0.15, -0.1) is 0 Å². The van der Waals surface area contributed by atoms with Crippen LogP contribution in [0.1, 0.15) is 37.7 Å². The first-order chi connectivity index (χ1) is 16.1. The second-order valence-electron chi connectivity index (χ2n) is 9.03. The van der Waals surface area contributed by atoms with E-state index in [1.165, 1.54) is 10.6 Å². The molecule has 0 amide bonds. The molecule has 1 unspecified atom stereocenters. The Morgan fingerprint density at radius 2 is 1.50 bits per heavy atom. The molecule has 0 aliphatic carbocycles. The maximum Gasteiger partial charge on any atom is 0.242 e. The van der Waals surface area contributed by atoms with Crippen LogP contribution in [0.3, 0.4) is 0 Å². The number of benzene rings is 2. The first kappa shape index (κ1) is 26.8. The van der Waals surface area contributed by atoms with Crippen molar-refractivity contribution in [1.82, 2.24) is 13.5 Å². The molecule has 0 aromatic heterocycles. The van der Waals surface area contributed by atoms with E-state index in [9.17, 15) is 16.8 Å². The Labute approximate surface area is 205 Å². The normalized spacial score (nSPS) is 17.3. The topological polar surface area (TPSA) is 78.0 Å². The Bertz CT molecular complexity index is 1100. The average molecular weight is 508 g/mol. The summed E-state index contributed by atoms with van der Waals surface area (Å²) in [6.45, 7) is 5.32. The van der Waals surface area contributed by atoms with Crippen molar-refractivity contribution < 1.29 is 16.8 Å². The van der Waals surface area contributed by atoms with Crippen molar-refractivity contribution in [2.45, 2.75) is 43.0 Å². The fourth-order valence-corrected chi connectivity index (χ4v) is 7.26. The van der Waals surface area contributed by atoms with Crippen LogP contribution in [0.4, 0.5) is 0 Å². The van der Waals surface area contributed by atoms with Crippen molar-refractivity contribution in [3.05, 3.63) is 66.2 Å². The molecule has 188 valence electrons. The van der Waals surface area contributed by atoms with Gasteiger partial charge in [0.05, 0.1) is 11.2 Å². The van der Waals surface area contributed by atoms with Gasteiger partial charge in [0.15, 0.2) is 0 Å². The molecule has 2 aromatic carbocycles. The molecule has 0 N–H and O–H groups in total. The van der Waals surface area contributed by atoms with Crippen LogP contribution in [-0.2, 0) is 20.0 Å². The first-order valence-electron chi connectivity index (χ1n) is 11.9. The van der Waals surface area contributed by atoms with Gasteiger partial charge in [-0.3, -0.25) is 0 Å². The Balaban J connectivity index is 1.64. The van der Waals surface area contributed by atoms with Crippen molar-refractivity contribution in [3.63, 3.8) is 0 Å². The summed E-state index contributed by atoms with van der Waals surface area (Å²) in [7, 11) is -5.11. The van der Waals surface area contributed by atoms with Crippen LogP contribution in [0.25, 0.3) is 0 Å². The number of likely N-dealkylation sites (N-methyl/N-ethyl adjacent to an activating group) is 1. The van der Waals surface area contributed by atoms with E-state index < -0.39 is 20.0 Å². The molecule has 1 saturated heterocycles. The maximum atomic E-state index is 13.1. The number of likely N-dealkylation sites (tertiary alicyclic amines) is 1. The van der Waals surface area contributed by atoms with Gasteiger partial charge in [0.2, 0.25) is 20.0 Å². The molecule has 0 bridgehead atoms. The highest BCUT2D eigenvalue weighted by Gasteiger charge is 2.30. The van der Waals surface area contributed by atoms with E-state index in [2.05, 4.69) is 17.0 Å². The number of sulfonamides is 2. The predicted molar refractivity (Wildman–Crippen MR) is 137 cm³/mol. The molecule has 1 aliphatic heterocycles. The minimum Gasteiger partial charge on any atom is -0.303 e. The van der Waals surface area contributed by atoms with E-state index in [0.717, 1.165) is 44.5 Å².